The predicted octanol–water partition coefficient (Wildman–Crippen LogP) is 0.372. The minimum Gasteiger partial charge on any atom is -0.355 e. The molecule has 0 spiro atoms. The topological polar surface area (TPSA) is 67.1 Å². The second-order valence-electron chi connectivity index (χ2n) is 5.09. The van der Waals surface area contributed by atoms with Crippen molar-refractivity contribution in [1.29, 1.82) is 0 Å². The largest absolute Gasteiger partial charge is 0.355 e. The van der Waals surface area contributed by atoms with Gasteiger partial charge < -0.3 is 16.4 Å². The van der Waals surface area contributed by atoms with Gasteiger partial charge in [-0.25, -0.2) is 0 Å². The fourth-order valence-electron chi connectivity index (χ4n) is 2.89. The van der Waals surface area contributed by atoms with Crippen LogP contribution >= 0.6 is 0 Å². The highest BCUT2D eigenvalue weighted by Gasteiger charge is 2.27. The van der Waals surface area contributed by atoms with E-state index < -0.39 is 0 Å². The van der Waals surface area contributed by atoms with Gasteiger partial charge in [-0.3, -0.25) is 4.79 Å². The first kappa shape index (κ1) is 11.9. The Morgan fingerprint density at radius 2 is 2.12 bits per heavy atom. The Bertz CT molecular complexity index is 234. The monoisotopic (exact) mass is 225 g/mol. The summed E-state index contributed by atoms with van der Waals surface area (Å²) in [5.41, 5.74) is 5.81. The van der Waals surface area contributed by atoms with Crippen molar-refractivity contribution < 1.29 is 4.79 Å². The van der Waals surface area contributed by atoms with E-state index in [4.69, 9.17) is 5.73 Å². The summed E-state index contributed by atoms with van der Waals surface area (Å²) >= 11 is 0. The zero-order chi connectivity index (χ0) is 11.4. The summed E-state index contributed by atoms with van der Waals surface area (Å²) in [6, 6.07) is 1.02. The summed E-state index contributed by atoms with van der Waals surface area (Å²) in [5.74, 6) is 0.823. The number of carbonyl (C=O) groups excluding carboxylic acids is 1. The SMILES string of the molecule is NCC1CCCCC1NC1CCC(=O)NC1. The Balaban J connectivity index is 1.80. The van der Waals surface area contributed by atoms with Crippen LogP contribution in [0.1, 0.15) is 38.5 Å². The molecule has 2 aliphatic rings. The molecule has 4 nitrogen and oxygen atoms in total. The van der Waals surface area contributed by atoms with Crippen LogP contribution < -0.4 is 16.4 Å². The Hall–Kier alpha value is -0.610. The van der Waals surface area contributed by atoms with Crippen molar-refractivity contribution >= 4 is 5.91 Å². The van der Waals surface area contributed by atoms with Crippen molar-refractivity contribution in [2.24, 2.45) is 11.7 Å². The van der Waals surface area contributed by atoms with Gasteiger partial charge in [-0.1, -0.05) is 12.8 Å². The lowest BCUT2D eigenvalue weighted by molar-refractivity contribution is -0.122. The van der Waals surface area contributed by atoms with E-state index >= 15 is 0 Å². The van der Waals surface area contributed by atoms with Gasteiger partial charge in [0.1, 0.15) is 0 Å². The molecule has 1 aliphatic heterocycles. The molecule has 4 N–H and O–H groups in total. The van der Waals surface area contributed by atoms with Crippen molar-refractivity contribution in [3.05, 3.63) is 0 Å². The van der Waals surface area contributed by atoms with Crippen LogP contribution in [-0.4, -0.2) is 31.1 Å². The maximum atomic E-state index is 11.1. The smallest absolute Gasteiger partial charge is 0.220 e. The van der Waals surface area contributed by atoms with Crippen LogP contribution in [0.3, 0.4) is 0 Å². The Labute approximate surface area is 97.3 Å². The number of amides is 1. The number of carbonyl (C=O) groups is 1. The van der Waals surface area contributed by atoms with Crippen molar-refractivity contribution in [2.45, 2.75) is 50.6 Å². The summed E-state index contributed by atoms with van der Waals surface area (Å²) in [6.07, 6.45) is 6.77. The summed E-state index contributed by atoms with van der Waals surface area (Å²) in [5, 5.41) is 6.61. The van der Waals surface area contributed by atoms with Gasteiger partial charge >= 0.3 is 0 Å². The quantitative estimate of drug-likeness (QED) is 0.650. The molecule has 92 valence electrons. The van der Waals surface area contributed by atoms with E-state index in [1.54, 1.807) is 0 Å². The number of nitrogens with two attached hydrogens (primary N) is 1. The number of hydrogen-bond donors (Lipinski definition) is 3. The minimum absolute atomic E-state index is 0.192. The molecular formula is C12H23N3O. The molecule has 0 aromatic carbocycles. The maximum Gasteiger partial charge on any atom is 0.220 e. The van der Waals surface area contributed by atoms with Gasteiger partial charge in [0.2, 0.25) is 5.91 Å². The lowest BCUT2D eigenvalue weighted by atomic mass is 9.84. The molecular weight excluding hydrogens is 202 g/mol. The molecule has 3 unspecified atom stereocenters. The summed E-state index contributed by atoms with van der Waals surface area (Å²) in [7, 11) is 0. The lowest BCUT2D eigenvalue weighted by Crippen LogP contribution is -2.52. The molecule has 2 rings (SSSR count). The molecule has 16 heavy (non-hydrogen) atoms. The Kier molecular flexibility index (Phi) is 4.18. The second-order valence-corrected chi connectivity index (χ2v) is 5.09. The normalized spacial score (nSPS) is 35.8. The molecule has 2 fully saturated rings. The van der Waals surface area contributed by atoms with E-state index in [0.717, 1.165) is 19.5 Å². The van der Waals surface area contributed by atoms with E-state index in [1.165, 1.54) is 25.7 Å². The predicted molar refractivity (Wildman–Crippen MR) is 64.0 cm³/mol. The summed E-state index contributed by atoms with van der Waals surface area (Å²) in [6.45, 7) is 1.57. The van der Waals surface area contributed by atoms with Crippen LogP contribution in [0.5, 0.6) is 0 Å². The van der Waals surface area contributed by atoms with E-state index in [9.17, 15) is 4.79 Å². The molecule has 0 aromatic rings. The van der Waals surface area contributed by atoms with Gasteiger partial charge in [-0.2, -0.15) is 0 Å². The number of nitrogens with one attached hydrogen (secondary N) is 2. The first-order chi connectivity index (χ1) is 7.79. The van der Waals surface area contributed by atoms with Gasteiger partial charge in [0.25, 0.3) is 0 Å². The molecule has 1 saturated heterocycles. The van der Waals surface area contributed by atoms with Gasteiger partial charge in [-0.05, 0) is 31.7 Å². The van der Waals surface area contributed by atoms with Crippen molar-refractivity contribution in [1.82, 2.24) is 10.6 Å². The lowest BCUT2D eigenvalue weighted by Gasteiger charge is -2.36. The highest BCUT2D eigenvalue weighted by molar-refractivity contribution is 5.76. The zero-order valence-corrected chi connectivity index (χ0v) is 9.87. The molecule has 4 heteroatoms. The first-order valence-electron chi connectivity index (χ1n) is 6.52. The third-order valence-electron chi connectivity index (χ3n) is 3.93. The van der Waals surface area contributed by atoms with Crippen LogP contribution in [0.4, 0.5) is 0 Å². The molecule has 0 aromatic heterocycles. The molecule has 3 atom stereocenters. The average molecular weight is 225 g/mol. The van der Waals surface area contributed by atoms with Crippen LogP contribution in [-0.2, 0) is 4.79 Å². The molecule has 0 radical (unpaired) electrons. The number of rotatable bonds is 3. The summed E-state index contributed by atoms with van der Waals surface area (Å²) < 4.78 is 0. The van der Waals surface area contributed by atoms with E-state index in [1.807, 2.05) is 0 Å². The number of hydrogen-bond acceptors (Lipinski definition) is 3. The first-order valence-corrected chi connectivity index (χ1v) is 6.52. The average Bonchev–Trinajstić information content (AvgIpc) is 2.33. The Morgan fingerprint density at radius 1 is 1.31 bits per heavy atom. The van der Waals surface area contributed by atoms with E-state index in [2.05, 4.69) is 10.6 Å². The van der Waals surface area contributed by atoms with Gasteiger partial charge in [0.05, 0.1) is 0 Å². The molecule has 0 bridgehead atoms. The standard InChI is InChI=1S/C12H23N3O/c13-7-9-3-1-2-4-11(9)15-10-5-6-12(16)14-8-10/h9-11,15H,1-8,13H2,(H,14,16). The molecule has 1 amide bonds. The van der Waals surface area contributed by atoms with Crippen LogP contribution in [0.25, 0.3) is 0 Å². The third-order valence-corrected chi connectivity index (χ3v) is 3.93. The van der Waals surface area contributed by atoms with Crippen LogP contribution in [0.15, 0.2) is 0 Å². The van der Waals surface area contributed by atoms with Crippen molar-refractivity contribution in [2.75, 3.05) is 13.1 Å². The maximum absolute atomic E-state index is 11.1. The highest BCUT2D eigenvalue weighted by Crippen LogP contribution is 2.24. The molecule has 1 heterocycles. The number of piperidine rings is 1. The fourth-order valence-corrected chi connectivity index (χ4v) is 2.89. The molecule has 1 aliphatic carbocycles. The minimum atomic E-state index is 0.192. The third kappa shape index (κ3) is 2.95. The molecule has 1 saturated carbocycles. The van der Waals surface area contributed by atoms with Crippen molar-refractivity contribution in [3.8, 4) is 0 Å². The summed E-state index contributed by atoms with van der Waals surface area (Å²) in [4.78, 5) is 11.1. The van der Waals surface area contributed by atoms with Gasteiger partial charge in [0.15, 0.2) is 0 Å². The second kappa shape index (κ2) is 5.64. The van der Waals surface area contributed by atoms with Crippen LogP contribution in [0.2, 0.25) is 0 Å². The van der Waals surface area contributed by atoms with Gasteiger partial charge in [-0.15, -0.1) is 0 Å². The van der Waals surface area contributed by atoms with Gasteiger partial charge in [0, 0.05) is 25.0 Å². The van der Waals surface area contributed by atoms with Crippen molar-refractivity contribution in [3.63, 3.8) is 0 Å². The zero-order valence-electron chi connectivity index (χ0n) is 9.87. The highest BCUT2D eigenvalue weighted by atomic mass is 16.1. The van der Waals surface area contributed by atoms with E-state index in [0.29, 0.717) is 24.4 Å². The fraction of sp³-hybridized carbons (Fsp3) is 0.917. The van der Waals surface area contributed by atoms with Crippen LogP contribution in [0, 0.1) is 5.92 Å². The van der Waals surface area contributed by atoms with E-state index in [-0.39, 0.29) is 5.91 Å². The Morgan fingerprint density at radius 3 is 2.81 bits per heavy atom.